The van der Waals surface area contributed by atoms with Crippen molar-refractivity contribution in [3.8, 4) is 0 Å². The molecule has 0 spiro atoms. The highest BCUT2D eigenvalue weighted by Gasteiger charge is 2.45. The van der Waals surface area contributed by atoms with Gasteiger partial charge in [-0.05, 0) is 69.4 Å². The fourth-order valence-electron chi connectivity index (χ4n) is 8.57. The van der Waals surface area contributed by atoms with Gasteiger partial charge in [0.15, 0.2) is 5.78 Å². The number of amides is 5. The maximum Gasteiger partial charge on any atom is 0.264 e. The van der Waals surface area contributed by atoms with Crippen molar-refractivity contribution in [1.82, 2.24) is 34.6 Å². The van der Waals surface area contributed by atoms with Crippen LogP contribution in [0.25, 0.3) is 11.0 Å². The summed E-state index contributed by atoms with van der Waals surface area (Å²) in [5.41, 5.74) is 2.72. The number of imide groups is 2. The van der Waals surface area contributed by atoms with Crippen molar-refractivity contribution >= 4 is 69.5 Å². The first-order valence-electron chi connectivity index (χ1n) is 19.8. The van der Waals surface area contributed by atoms with Crippen LogP contribution in [0.3, 0.4) is 0 Å². The number of pyridine rings is 2. The first-order chi connectivity index (χ1) is 28.0. The van der Waals surface area contributed by atoms with E-state index in [9.17, 15) is 33.6 Å². The molecule has 4 aliphatic rings. The maximum atomic E-state index is 13.6. The van der Waals surface area contributed by atoms with E-state index in [1.54, 1.807) is 42.1 Å². The van der Waals surface area contributed by atoms with Crippen molar-refractivity contribution in [3.05, 3.63) is 75.3 Å². The van der Waals surface area contributed by atoms with Gasteiger partial charge in [-0.1, -0.05) is 18.9 Å². The van der Waals surface area contributed by atoms with Gasteiger partial charge in [0.1, 0.15) is 17.5 Å². The average Bonchev–Trinajstić information content (AvgIpc) is 3.83. The smallest absolute Gasteiger partial charge is 0.264 e. The third kappa shape index (κ3) is 7.16. The van der Waals surface area contributed by atoms with Crippen LogP contribution in [0.5, 0.6) is 0 Å². The second-order valence-electron chi connectivity index (χ2n) is 15.2. The van der Waals surface area contributed by atoms with Gasteiger partial charge in [0, 0.05) is 68.9 Å². The quantitative estimate of drug-likeness (QED) is 0.113. The molecule has 6 heterocycles. The summed E-state index contributed by atoms with van der Waals surface area (Å²) in [6.45, 7) is 5.91. The molecule has 58 heavy (non-hydrogen) atoms. The monoisotopic (exact) mass is 788 g/mol. The van der Waals surface area contributed by atoms with Crippen LogP contribution in [-0.4, -0.2) is 103 Å². The van der Waals surface area contributed by atoms with Gasteiger partial charge in [0.2, 0.25) is 23.7 Å². The van der Waals surface area contributed by atoms with Crippen LogP contribution in [0, 0.1) is 6.92 Å². The summed E-state index contributed by atoms with van der Waals surface area (Å²) in [6.07, 6.45) is 8.08. The molecule has 17 heteroatoms. The normalized spacial score (nSPS) is 18.5. The number of anilines is 4. The fraction of sp³-hybridized carbons (Fsp3) is 0.415. The number of ketones is 1. The highest BCUT2D eigenvalue weighted by atomic mass is 16.2. The minimum absolute atomic E-state index is 0.0208. The molecule has 8 rings (SSSR count). The number of hydrogen-bond donors (Lipinski definition) is 3. The van der Waals surface area contributed by atoms with Crippen LogP contribution >= 0.6 is 0 Å². The van der Waals surface area contributed by atoms with Gasteiger partial charge in [-0.15, -0.1) is 0 Å². The number of aromatic nitrogens is 4. The topological polar surface area (TPSA) is 209 Å². The predicted molar refractivity (Wildman–Crippen MR) is 213 cm³/mol. The summed E-state index contributed by atoms with van der Waals surface area (Å²) in [4.78, 5) is 108. The van der Waals surface area contributed by atoms with E-state index in [-0.39, 0.29) is 52.8 Å². The summed E-state index contributed by atoms with van der Waals surface area (Å²) in [6, 6.07) is 7.61. The average molecular weight is 789 g/mol. The molecule has 300 valence electrons. The van der Waals surface area contributed by atoms with Crippen LogP contribution in [-0.2, 0) is 14.4 Å². The van der Waals surface area contributed by atoms with E-state index in [1.807, 2.05) is 17.0 Å². The lowest BCUT2D eigenvalue weighted by molar-refractivity contribution is -0.136. The molecule has 1 aromatic carbocycles. The summed E-state index contributed by atoms with van der Waals surface area (Å²) in [7, 11) is 0. The van der Waals surface area contributed by atoms with Gasteiger partial charge >= 0.3 is 0 Å². The number of Topliss-reactive ketones (excluding diaryl/α,β-unsaturated/α-hetero) is 1. The third-order valence-corrected chi connectivity index (χ3v) is 11.6. The second-order valence-corrected chi connectivity index (χ2v) is 15.2. The molecule has 5 amide bonds. The van der Waals surface area contributed by atoms with E-state index >= 15 is 0 Å². The third-order valence-electron chi connectivity index (χ3n) is 11.6. The van der Waals surface area contributed by atoms with Crippen molar-refractivity contribution in [2.75, 3.05) is 48.3 Å². The lowest BCUT2D eigenvalue weighted by Gasteiger charge is -2.36. The minimum Gasteiger partial charge on any atom is -0.384 e. The van der Waals surface area contributed by atoms with Crippen LogP contribution in [0.1, 0.15) is 101 Å². The molecule has 1 aliphatic carbocycles. The number of hydrogen-bond acceptors (Lipinski definition) is 13. The van der Waals surface area contributed by atoms with Crippen molar-refractivity contribution in [3.63, 3.8) is 0 Å². The summed E-state index contributed by atoms with van der Waals surface area (Å²) in [5, 5.41) is 9.24. The van der Waals surface area contributed by atoms with Gasteiger partial charge in [0.25, 0.3) is 17.4 Å². The van der Waals surface area contributed by atoms with Crippen LogP contribution in [0.15, 0.2) is 47.5 Å². The zero-order chi connectivity index (χ0) is 40.7. The van der Waals surface area contributed by atoms with E-state index in [0.29, 0.717) is 79.6 Å². The van der Waals surface area contributed by atoms with Gasteiger partial charge in [-0.3, -0.25) is 48.3 Å². The number of carbonyl (C=O) groups is 6. The number of fused-ring (bicyclic) bond motifs is 2. The van der Waals surface area contributed by atoms with E-state index < -0.39 is 29.7 Å². The zero-order valence-corrected chi connectivity index (χ0v) is 32.4. The highest BCUT2D eigenvalue weighted by Crippen LogP contribution is 2.34. The lowest BCUT2D eigenvalue weighted by atomic mass is 10.0. The Bertz CT molecular complexity index is 2420. The van der Waals surface area contributed by atoms with Crippen molar-refractivity contribution in [2.24, 2.45) is 0 Å². The second kappa shape index (κ2) is 15.8. The highest BCUT2D eigenvalue weighted by molar-refractivity contribution is 6.25. The van der Waals surface area contributed by atoms with Crippen molar-refractivity contribution in [1.29, 1.82) is 0 Å². The number of nitrogens with zero attached hydrogens (tertiary/aromatic N) is 7. The van der Waals surface area contributed by atoms with Crippen LogP contribution in [0.2, 0.25) is 0 Å². The number of aryl methyl sites for hydroxylation is 1. The van der Waals surface area contributed by atoms with E-state index in [2.05, 4.69) is 30.8 Å². The molecular formula is C41H44N10O7. The number of nitrogens with one attached hydrogen (secondary N) is 3. The number of benzene rings is 1. The van der Waals surface area contributed by atoms with E-state index in [1.165, 1.54) is 6.92 Å². The van der Waals surface area contributed by atoms with Gasteiger partial charge < -0.3 is 20.4 Å². The molecule has 0 radical (unpaired) electrons. The minimum atomic E-state index is -1.04. The number of piperidine rings is 1. The molecule has 3 aliphatic heterocycles. The van der Waals surface area contributed by atoms with Crippen molar-refractivity contribution in [2.45, 2.75) is 77.3 Å². The van der Waals surface area contributed by atoms with E-state index in [4.69, 9.17) is 4.98 Å². The first-order valence-corrected chi connectivity index (χ1v) is 19.8. The van der Waals surface area contributed by atoms with Crippen LogP contribution < -0.4 is 26.4 Å². The zero-order valence-electron chi connectivity index (χ0n) is 32.4. The summed E-state index contributed by atoms with van der Waals surface area (Å²) >= 11 is 0. The molecule has 2 saturated heterocycles. The molecular weight excluding hydrogens is 745 g/mol. The van der Waals surface area contributed by atoms with Gasteiger partial charge in [-0.25, -0.2) is 9.97 Å². The van der Waals surface area contributed by atoms with E-state index in [0.717, 1.165) is 36.3 Å². The molecule has 3 fully saturated rings. The maximum absolute atomic E-state index is 13.6. The molecule has 1 saturated carbocycles. The molecule has 3 aromatic heterocycles. The number of rotatable bonds is 11. The predicted octanol–water partition coefficient (Wildman–Crippen LogP) is 3.50. The Morgan fingerprint density at radius 1 is 0.914 bits per heavy atom. The number of piperazine rings is 1. The first kappa shape index (κ1) is 38.4. The molecule has 17 nitrogen and oxygen atoms in total. The Hall–Kier alpha value is -6.52. The molecule has 1 atom stereocenters. The van der Waals surface area contributed by atoms with Gasteiger partial charge in [0.05, 0.1) is 28.6 Å². The molecule has 1 unspecified atom stereocenters. The standard InChI is InChI=1S/C41H44N10O7/c1-23-28-22-44-41(47-36(28)50(25-7-3-4-8-25)39(57)34(23)24(2)52)45-31-14-12-26(21-43-31)48-17-19-49(20-18-48)33(54)11-6-16-42-29-10-5-9-27-35(29)40(58)51(38(27)56)30-13-15-32(53)46-37(30)55/h5,9-10,12,14,21-22,25,30,42H,3-4,6-8,11,13,15-20H2,1-2H3,(H,46,53,55)(H,43,44,45,47). The summed E-state index contributed by atoms with van der Waals surface area (Å²) in [5.74, 6) is -1.67. The summed E-state index contributed by atoms with van der Waals surface area (Å²) < 4.78 is 1.68. The fourth-order valence-corrected chi connectivity index (χ4v) is 8.57. The number of carbonyl (C=O) groups excluding carboxylic acids is 6. The van der Waals surface area contributed by atoms with Crippen molar-refractivity contribution < 1.29 is 28.8 Å². The lowest BCUT2D eigenvalue weighted by Crippen LogP contribution is -2.54. The Kier molecular flexibility index (Phi) is 10.4. The Morgan fingerprint density at radius 3 is 2.40 bits per heavy atom. The molecule has 3 N–H and O–H groups in total. The Labute approximate surface area is 333 Å². The SMILES string of the molecule is CC(=O)c1c(C)c2cnc(Nc3ccc(N4CCN(C(=O)CCCNc5cccc6c5C(=O)N(C5CCC(=O)NC5=O)C6=O)CC4)cn3)nc2n(C2CCCC2)c1=O. The Morgan fingerprint density at radius 2 is 1.69 bits per heavy atom. The van der Waals surface area contributed by atoms with Crippen LogP contribution in [0.4, 0.5) is 23.1 Å². The van der Waals surface area contributed by atoms with Gasteiger partial charge in [-0.2, -0.15) is 4.98 Å². The molecule has 0 bridgehead atoms. The largest absolute Gasteiger partial charge is 0.384 e. The Balaban J connectivity index is 0.835. The molecule has 4 aromatic rings.